The number of hydrogen-bond acceptors (Lipinski definition) is 3. The lowest BCUT2D eigenvalue weighted by Gasteiger charge is -2.30. The van der Waals surface area contributed by atoms with Crippen LogP contribution in [0.3, 0.4) is 0 Å². The minimum absolute atomic E-state index is 0.0576. The van der Waals surface area contributed by atoms with Crippen LogP contribution in [0.2, 0.25) is 0 Å². The lowest BCUT2D eigenvalue weighted by Crippen LogP contribution is -2.28. The Morgan fingerprint density at radius 2 is 2.06 bits per heavy atom. The maximum atomic E-state index is 11.4. The van der Waals surface area contributed by atoms with Gasteiger partial charge < -0.3 is 9.64 Å². The molecule has 17 heavy (non-hydrogen) atoms. The average Bonchev–Trinajstić information content (AvgIpc) is 2.38. The summed E-state index contributed by atoms with van der Waals surface area (Å²) >= 11 is 0. The number of carbonyl (C=O) groups is 1. The molecule has 0 radical (unpaired) electrons. The van der Waals surface area contributed by atoms with Crippen molar-refractivity contribution < 1.29 is 9.53 Å². The topological polar surface area (TPSA) is 29.5 Å². The van der Waals surface area contributed by atoms with Crippen LogP contribution < -0.4 is 0 Å². The first-order valence-electron chi connectivity index (χ1n) is 6.74. The third-order valence-electron chi connectivity index (χ3n) is 3.31. The molecule has 98 valence electrons. The van der Waals surface area contributed by atoms with E-state index in [-0.39, 0.29) is 11.9 Å². The molecule has 1 atom stereocenters. The first-order valence-corrected chi connectivity index (χ1v) is 6.74. The van der Waals surface area contributed by atoms with Gasteiger partial charge in [0.1, 0.15) is 0 Å². The molecule has 1 aliphatic rings. The summed E-state index contributed by atoms with van der Waals surface area (Å²) in [6, 6.07) is 0. The van der Waals surface area contributed by atoms with Crippen LogP contribution in [0.15, 0.2) is 11.8 Å². The smallest absolute Gasteiger partial charge is 0.308 e. The van der Waals surface area contributed by atoms with E-state index < -0.39 is 0 Å². The van der Waals surface area contributed by atoms with E-state index in [1.807, 2.05) is 0 Å². The van der Waals surface area contributed by atoms with Gasteiger partial charge in [0.05, 0.1) is 13.0 Å². The van der Waals surface area contributed by atoms with Gasteiger partial charge >= 0.3 is 5.97 Å². The van der Waals surface area contributed by atoms with Gasteiger partial charge in [0.2, 0.25) is 0 Å². The van der Waals surface area contributed by atoms with Gasteiger partial charge in [0.25, 0.3) is 0 Å². The molecule has 0 spiro atoms. The molecule has 3 nitrogen and oxygen atoms in total. The largest absolute Gasteiger partial charge is 0.469 e. The van der Waals surface area contributed by atoms with Gasteiger partial charge in [-0.05, 0) is 32.1 Å². The highest BCUT2D eigenvalue weighted by atomic mass is 16.5. The second-order valence-corrected chi connectivity index (χ2v) is 4.68. The summed E-state index contributed by atoms with van der Waals surface area (Å²) in [5.41, 5.74) is 1.42. The predicted molar refractivity (Wildman–Crippen MR) is 69.6 cm³/mol. The monoisotopic (exact) mass is 239 g/mol. The Morgan fingerprint density at radius 3 is 2.47 bits per heavy atom. The van der Waals surface area contributed by atoms with Gasteiger partial charge in [0.15, 0.2) is 0 Å². The highest BCUT2D eigenvalue weighted by Gasteiger charge is 2.23. The predicted octanol–water partition coefficient (Wildman–Crippen LogP) is 2.97. The van der Waals surface area contributed by atoms with E-state index in [9.17, 15) is 4.79 Å². The van der Waals surface area contributed by atoms with Gasteiger partial charge in [-0.25, -0.2) is 0 Å². The SMILES string of the molecule is CCCN(CCC)C1=CCC(C(=O)OC)CC1. The van der Waals surface area contributed by atoms with Crippen LogP contribution in [0, 0.1) is 5.92 Å². The van der Waals surface area contributed by atoms with E-state index in [0.29, 0.717) is 0 Å². The molecule has 0 N–H and O–H groups in total. The summed E-state index contributed by atoms with van der Waals surface area (Å²) in [4.78, 5) is 13.9. The minimum atomic E-state index is -0.0576. The van der Waals surface area contributed by atoms with E-state index in [1.54, 1.807) is 0 Å². The minimum Gasteiger partial charge on any atom is -0.469 e. The zero-order chi connectivity index (χ0) is 12.7. The van der Waals surface area contributed by atoms with Gasteiger partial charge in [-0.2, -0.15) is 0 Å². The number of rotatable bonds is 6. The molecule has 0 amide bonds. The summed E-state index contributed by atoms with van der Waals surface area (Å²) < 4.78 is 4.80. The second-order valence-electron chi connectivity index (χ2n) is 4.68. The Balaban J connectivity index is 2.55. The molecule has 3 heteroatoms. The summed E-state index contributed by atoms with van der Waals surface area (Å²) in [6.45, 7) is 6.68. The van der Waals surface area contributed by atoms with E-state index in [2.05, 4.69) is 24.8 Å². The van der Waals surface area contributed by atoms with Gasteiger partial charge in [0, 0.05) is 18.8 Å². The quantitative estimate of drug-likeness (QED) is 0.667. The van der Waals surface area contributed by atoms with Crippen molar-refractivity contribution in [2.75, 3.05) is 20.2 Å². The molecule has 0 aromatic carbocycles. The summed E-state index contributed by atoms with van der Waals surface area (Å²) in [6.07, 6.45) is 7.38. The summed E-state index contributed by atoms with van der Waals surface area (Å²) in [5.74, 6) is 0.0201. The summed E-state index contributed by atoms with van der Waals surface area (Å²) in [7, 11) is 1.47. The maximum Gasteiger partial charge on any atom is 0.308 e. The number of nitrogens with zero attached hydrogens (tertiary/aromatic N) is 1. The van der Waals surface area contributed by atoms with Crippen molar-refractivity contribution in [2.24, 2.45) is 5.92 Å². The van der Waals surface area contributed by atoms with E-state index in [0.717, 1.165) is 32.4 Å². The van der Waals surface area contributed by atoms with Crippen molar-refractivity contribution >= 4 is 5.97 Å². The fourth-order valence-electron chi connectivity index (χ4n) is 2.43. The maximum absolute atomic E-state index is 11.4. The average molecular weight is 239 g/mol. The van der Waals surface area contributed by atoms with Crippen molar-refractivity contribution in [1.82, 2.24) is 4.90 Å². The Labute approximate surface area is 105 Å². The molecule has 1 aliphatic carbocycles. The Bertz CT molecular complexity index is 267. The molecule has 0 aromatic heterocycles. The molecule has 1 unspecified atom stereocenters. The van der Waals surface area contributed by atoms with Crippen molar-refractivity contribution in [3.63, 3.8) is 0 Å². The van der Waals surface area contributed by atoms with E-state index in [4.69, 9.17) is 4.74 Å². The van der Waals surface area contributed by atoms with Crippen LogP contribution in [0.1, 0.15) is 46.0 Å². The van der Waals surface area contributed by atoms with Crippen molar-refractivity contribution in [3.05, 3.63) is 11.8 Å². The molecule has 0 aliphatic heterocycles. The van der Waals surface area contributed by atoms with Gasteiger partial charge in [-0.15, -0.1) is 0 Å². The van der Waals surface area contributed by atoms with Crippen LogP contribution in [-0.4, -0.2) is 31.1 Å². The number of ether oxygens (including phenoxy) is 1. The van der Waals surface area contributed by atoms with Crippen molar-refractivity contribution in [2.45, 2.75) is 46.0 Å². The van der Waals surface area contributed by atoms with Crippen LogP contribution in [0.25, 0.3) is 0 Å². The van der Waals surface area contributed by atoms with Crippen LogP contribution in [0.5, 0.6) is 0 Å². The van der Waals surface area contributed by atoms with Gasteiger partial charge in [-0.3, -0.25) is 4.79 Å². The highest BCUT2D eigenvalue weighted by molar-refractivity contribution is 5.72. The molecule has 0 bridgehead atoms. The number of hydrogen-bond donors (Lipinski definition) is 0. The van der Waals surface area contributed by atoms with E-state index >= 15 is 0 Å². The first kappa shape index (κ1) is 14.1. The molecule has 0 heterocycles. The van der Waals surface area contributed by atoms with Crippen LogP contribution in [0.4, 0.5) is 0 Å². The first-order chi connectivity index (χ1) is 8.22. The fraction of sp³-hybridized carbons (Fsp3) is 0.786. The molecule has 1 rings (SSSR count). The molecular formula is C14H25NO2. The number of esters is 1. The number of allylic oxidation sites excluding steroid dienone is 2. The van der Waals surface area contributed by atoms with Crippen molar-refractivity contribution in [1.29, 1.82) is 0 Å². The Kier molecular flexibility index (Phi) is 6.09. The zero-order valence-corrected chi connectivity index (χ0v) is 11.4. The Morgan fingerprint density at radius 1 is 1.41 bits per heavy atom. The lowest BCUT2D eigenvalue weighted by molar-refractivity contribution is -0.145. The Hall–Kier alpha value is -0.990. The van der Waals surface area contributed by atoms with Gasteiger partial charge in [-0.1, -0.05) is 19.9 Å². The highest BCUT2D eigenvalue weighted by Crippen LogP contribution is 2.26. The van der Waals surface area contributed by atoms with Crippen LogP contribution >= 0.6 is 0 Å². The molecule has 0 saturated carbocycles. The van der Waals surface area contributed by atoms with Crippen LogP contribution in [-0.2, 0) is 9.53 Å². The zero-order valence-electron chi connectivity index (χ0n) is 11.4. The third kappa shape index (κ3) is 4.06. The second kappa shape index (κ2) is 7.36. The van der Waals surface area contributed by atoms with Crippen molar-refractivity contribution in [3.8, 4) is 0 Å². The number of carbonyl (C=O) groups excluding carboxylic acids is 1. The number of methoxy groups -OCH3 is 1. The molecule has 0 saturated heterocycles. The van der Waals surface area contributed by atoms with E-state index in [1.165, 1.54) is 25.6 Å². The molecular weight excluding hydrogens is 214 g/mol. The summed E-state index contributed by atoms with van der Waals surface area (Å²) in [5, 5.41) is 0. The molecule has 0 aromatic rings. The standard InChI is InChI=1S/C14H25NO2/c1-4-10-15(11-5-2)13-8-6-12(7-9-13)14(16)17-3/h8,12H,4-7,9-11H2,1-3H3. The third-order valence-corrected chi connectivity index (χ3v) is 3.31. The normalized spacial score (nSPS) is 19.7. The lowest BCUT2D eigenvalue weighted by atomic mass is 9.92. The molecule has 0 fully saturated rings. The fourth-order valence-corrected chi connectivity index (χ4v) is 2.43.